The van der Waals surface area contributed by atoms with Crippen LogP contribution in [0.1, 0.15) is 18.5 Å². The van der Waals surface area contributed by atoms with Crippen LogP contribution >= 0.6 is 0 Å². The van der Waals surface area contributed by atoms with E-state index in [0.717, 1.165) is 0 Å². The lowest BCUT2D eigenvalue weighted by Crippen LogP contribution is -2.15. The van der Waals surface area contributed by atoms with Gasteiger partial charge in [0.2, 0.25) is 0 Å². The molecule has 0 bridgehead atoms. The number of hydrogen-bond donors (Lipinski definition) is 3. The highest BCUT2D eigenvalue weighted by molar-refractivity contribution is 5.48. The smallest absolute Gasteiger partial charge is 0.178 e. The van der Waals surface area contributed by atoms with E-state index in [1.807, 2.05) is 5.43 Å². The van der Waals surface area contributed by atoms with Crippen molar-refractivity contribution in [3.63, 3.8) is 0 Å². The standard InChI is InChI=1S/C13H13F3N4/c1-7(8-4-2-3-5-9(8)14)18-12-10(15)6-11(16)13(19-12)20-17/h2-7H,17H2,1H3,(H2,18,19,20). The maximum absolute atomic E-state index is 13.6. The summed E-state index contributed by atoms with van der Waals surface area (Å²) in [6.45, 7) is 1.64. The van der Waals surface area contributed by atoms with Crippen LogP contribution < -0.4 is 16.6 Å². The maximum Gasteiger partial charge on any atom is 0.178 e. The minimum absolute atomic E-state index is 0.213. The van der Waals surface area contributed by atoms with Crippen LogP contribution in [0, 0.1) is 17.5 Å². The number of hydrogen-bond acceptors (Lipinski definition) is 4. The number of pyridine rings is 1. The predicted octanol–water partition coefficient (Wildman–Crippen LogP) is 2.96. The number of rotatable bonds is 4. The molecule has 0 aliphatic carbocycles. The highest BCUT2D eigenvalue weighted by Crippen LogP contribution is 2.24. The molecule has 1 aromatic heterocycles. The summed E-state index contributed by atoms with van der Waals surface area (Å²) in [6, 6.07) is 6.19. The zero-order valence-corrected chi connectivity index (χ0v) is 10.6. The van der Waals surface area contributed by atoms with Gasteiger partial charge < -0.3 is 10.7 Å². The molecule has 0 aliphatic heterocycles. The Hall–Kier alpha value is -2.28. The lowest BCUT2D eigenvalue weighted by atomic mass is 10.1. The first kappa shape index (κ1) is 14.1. The van der Waals surface area contributed by atoms with Crippen LogP contribution in [0.4, 0.5) is 24.8 Å². The molecule has 106 valence electrons. The van der Waals surface area contributed by atoms with Gasteiger partial charge in [-0.3, -0.25) is 0 Å². The Kier molecular flexibility index (Phi) is 4.09. The first-order chi connectivity index (χ1) is 9.52. The number of hydrazine groups is 1. The Morgan fingerprint density at radius 3 is 2.35 bits per heavy atom. The fraction of sp³-hybridized carbons (Fsp3) is 0.154. The van der Waals surface area contributed by atoms with Crippen LogP contribution in [-0.2, 0) is 0 Å². The molecule has 20 heavy (non-hydrogen) atoms. The summed E-state index contributed by atoms with van der Waals surface area (Å²) in [5.41, 5.74) is 2.37. The monoisotopic (exact) mass is 282 g/mol. The third-order valence-corrected chi connectivity index (χ3v) is 2.79. The van der Waals surface area contributed by atoms with Crippen molar-refractivity contribution >= 4 is 11.6 Å². The Bertz CT molecular complexity index is 619. The summed E-state index contributed by atoms with van der Waals surface area (Å²) in [7, 11) is 0. The molecule has 0 amide bonds. The number of nitrogens with one attached hydrogen (secondary N) is 2. The second-order valence-electron chi connectivity index (χ2n) is 4.18. The normalized spacial score (nSPS) is 12.1. The van der Waals surface area contributed by atoms with Crippen LogP contribution in [0.15, 0.2) is 30.3 Å². The van der Waals surface area contributed by atoms with Gasteiger partial charge in [0.1, 0.15) is 5.82 Å². The largest absolute Gasteiger partial charge is 0.361 e. The third kappa shape index (κ3) is 2.83. The van der Waals surface area contributed by atoms with Gasteiger partial charge in [0, 0.05) is 11.6 Å². The lowest BCUT2D eigenvalue weighted by Gasteiger charge is -2.16. The molecule has 0 fully saturated rings. The fourth-order valence-electron chi connectivity index (χ4n) is 1.78. The Morgan fingerprint density at radius 1 is 1.05 bits per heavy atom. The average Bonchev–Trinajstić information content (AvgIpc) is 2.42. The summed E-state index contributed by atoms with van der Waals surface area (Å²) >= 11 is 0. The molecule has 7 heteroatoms. The van der Waals surface area contributed by atoms with Gasteiger partial charge in [-0.25, -0.2) is 24.0 Å². The number of nitrogen functional groups attached to an aromatic ring is 1. The highest BCUT2D eigenvalue weighted by Gasteiger charge is 2.15. The van der Waals surface area contributed by atoms with Gasteiger partial charge in [-0.1, -0.05) is 18.2 Å². The second-order valence-corrected chi connectivity index (χ2v) is 4.18. The van der Waals surface area contributed by atoms with Gasteiger partial charge in [0.25, 0.3) is 0 Å². The van der Waals surface area contributed by atoms with Crippen molar-refractivity contribution < 1.29 is 13.2 Å². The molecule has 0 radical (unpaired) electrons. The van der Waals surface area contributed by atoms with E-state index in [0.29, 0.717) is 11.6 Å². The topological polar surface area (TPSA) is 63.0 Å². The fourth-order valence-corrected chi connectivity index (χ4v) is 1.78. The van der Waals surface area contributed by atoms with E-state index in [1.165, 1.54) is 6.07 Å². The summed E-state index contributed by atoms with van der Waals surface area (Å²) in [4.78, 5) is 3.67. The van der Waals surface area contributed by atoms with Crippen LogP contribution in [0.25, 0.3) is 0 Å². The van der Waals surface area contributed by atoms with Crippen molar-refractivity contribution in [1.29, 1.82) is 0 Å². The van der Waals surface area contributed by atoms with Gasteiger partial charge >= 0.3 is 0 Å². The van der Waals surface area contributed by atoms with Gasteiger partial charge in [0.05, 0.1) is 6.04 Å². The Balaban J connectivity index is 2.28. The minimum Gasteiger partial charge on any atom is -0.361 e. The zero-order chi connectivity index (χ0) is 14.7. The molecular weight excluding hydrogens is 269 g/mol. The molecule has 4 N–H and O–H groups in total. The van der Waals surface area contributed by atoms with Crippen molar-refractivity contribution in [2.24, 2.45) is 5.84 Å². The number of nitrogens with two attached hydrogens (primary N) is 1. The SMILES string of the molecule is CC(Nc1nc(NN)c(F)cc1F)c1ccccc1F. The van der Waals surface area contributed by atoms with Gasteiger partial charge in [0.15, 0.2) is 23.3 Å². The highest BCUT2D eigenvalue weighted by atomic mass is 19.1. The second kappa shape index (κ2) is 5.79. The first-order valence-corrected chi connectivity index (χ1v) is 5.86. The summed E-state index contributed by atoms with van der Waals surface area (Å²) in [5, 5.41) is 2.68. The van der Waals surface area contributed by atoms with Crippen LogP contribution in [-0.4, -0.2) is 4.98 Å². The van der Waals surface area contributed by atoms with Crippen LogP contribution in [0.2, 0.25) is 0 Å². The molecule has 1 unspecified atom stereocenters. The van der Waals surface area contributed by atoms with Crippen LogP contribution in [0.5, 0.6) is 0 Å². The third-order valence-electron chi connectivity index (χ3n) is 2.79. The van der Waals surface area contributed by atoms with E-state index >= 15 is 0 Å². The summed E-state index contributed by atoms with van der Waals surface area (Å²) < 4.78 is 40.4. The molecule has 0 spiro atoms. The van der Waals surface area contributed by atoms with Gasteiger partial charge in [-0.05, 0) is 13.0 Å². The summed E-state index contributed by atoms with van der Waals surface area (Å²) in [6.07, 6.45) is 0. The van der Waals surface area contributed by atoms with E-state index in [2.05, 4.69) is 10.3 Å². The molecule has 0 saturated heterocycles. The molecule has 4 nitrogen and oxygen atoms in total. The molecule has 0 saturated carbocycles. The maximum atomic E-state index is 13.6. The lowest BCUT2D eigenvalue weighted by molar-refractivity contribution is 0.573. The molecule has 1 atom stereocenters. The van der Waals surface area contributed by atoms with E-state index in [9.17, 15) is 13.2 Å². The summed E-state index contributed by atoms with van der Waals surface area (Å²) in [5.74, 6) is 2.35. The molecule has 0 aliphatic rings. The van der Waals surface area contributed by atoms with Crippen molar-refractivity contribution in [3.05, 3.63) is 53.3 Å². The number of nitrogens with zero attached hydrogens (tertiary/aromatic N) is 1. The Morgan fingerprint density at radius 2 is 1.70 bits per heavy atom. The number of halogens is 3. The predicted molar refractivity (Wildman–Crippen MR) is 70.4 cm³/mol. The van der Waals surface area contributed by atoms with Crippen molar-refractivity contribution in [2.75, 3.05) is 10.7 Å². The number of aromatic nitrogens is 1. The molecule has 1 heterocycles. The van der Waals surface area contributed by atoms with E-state index in [1.54, 1.807) is 25.1 Å². The molecular formula is C13H13F3N4. The quantitative estimate of drug-likeness (QED) is 0.596. The average molecular weight is 282 g/mol. The molecule has 2 aromatic rings. The minimum atomic E-state index is -0.908. The van der Waals surface area contributed by atoms with E-state index < -0.39 is 23.5 Å². The van der Waals surface area contributed by atoms with E-state index in [-0.39, 0.29) is 11.6 Å². The van der Waals surface area contributed by atoms with Crippen molar-refractivity contribution in [3.8, 4) is 0 Å². The zero-order valence-electron chi connectivity index (χ0n) is 10.6. The van der Waals surface area contributed by atoms with Crippen molar-refractivity contribution in [1.82, 2.24) is 4.98 Å². The Labute approximate surface area is 113 Å². The number of benzene rings is 1. The first-order valence-electron chi connectivity index (χ1n) is 5.86. The molecule has 2 rings (SSSR count). The number of anilines is 2. The van der Waals surface area contributed by atoms with E-state index in [4.69, 9.17) is 5.84 Å². The van der Waals surface area contributed by atoms with Crippen molar-refractivity contribution in [2.45, 2.75) is 13.0 Å². The van der Waals surface area contributed by atoms with Crippen LogP contribution in [0.3, 0.4) is 0 Å². The van der Waals surface area contributed by atoms with Gasteiger partial charge in [-0.2, -0.15) is 0 Å². The molecule has 1 aromatic carbocycles. The van der Waals surface area contributed by atoms with Gasteiger partial charge in [-0.15, -0.1) is 0 Å².